The molecule has 1 amide bonds. The minimum Gasteiger partial charge on any atom is -0.489 e. The van der Waals surface area contributed by atoms with Gasteiger partial charge in [-0.3, -0.25) is 9.67 Å². The van der Waals surface area contributed by atoms with Crippen LogP contribution in [0.3, 0.4) is 0 Å². The van der Waals surface area contributed by atoms with Crippen LogP contribution in [-0.2, 0) is 31.2 Å². The molecule has 0 N–H and O–H groups in total. The van der Waals surface area contributed by atoms with E-state index in [-0.39, 0.29) is 24.3 Å². The highest BCUT2D eigenvalue weighted by Crippen LogP contribution is 2.36. The second-order valence-corrected chi connectivity index (χ2v) is 13.0. The first-order valence-electron chi connectivity index (χ1n) is 15.8. The van der Waals surface area contributed by atoms with E-state index in [4.69, 9.17) is 13.6 Å². The highest BCUT2D eigenvalue weighted by Gasteiger charge is 2.23. The van der Waals surface area contributed by atoms with Gasteiger partial charge in [0.25, 0.3) is 0 Å². The third-order valence-electron chi connectivity index (χ3n) is 6.97. The molecule has 9 heteroatoms. The Hall–Kier alpha value is -4.01. The van der Waals surface area contributed by atoms with Gasteiger partial charge in [-0.05, 0) is 86.6 Å². The number of nitrogens with zero attached hydrogens (tertiary/aromatic N) is 4. The summed E-state index contributed by atoms with van der Waals surface area (Å²) in [4.78, 5) is 18.0. The summed E-state index contributed by atoms with van der Waals surface area (Å²) < 4.78 is 66.9. The highest BCUT2D eigenvalue weighted by molar-refractivity contribution is 5.88. The molecular formula is C34H42F2N4O3. The normalized spacial score (nSPS) is 13.4. The molecule has 2 heterocycles. The second kappa shape index (κ2) is 12.3. The summed E-state index contributed by atoms with van der Waals surface area (Å²) in [7, 11) is 1.88. The van der Waals surface area contributed by atoms with Crippen molar-refractivity contribution in [2.45, 2.75) is 73.5 Å². The molecule has 0 bridgehead atoms. The Morgan fingerprint density at radius 1 is 1.09 bits per heavy atom. The first-order valence-corrected chi connectivity index (χ1v) is 14.3. The van der Waals surface area contributed by atoms with Crippen LogP contribution in [0.15, 0.2) is 42.6 Å². The van der Waals surface area contributed by atoms with Crippen LogP contribution in [-0.4, -0.2) is 44.9 Å². The number of hydrogen-bond donors (Lipinski definition) is 0. The Morgan fingerprint density at radius 2 is 1.84 bits per heavy atom. The third-order valence-corrected chi connectivity index (χ3v) is 6.97. The molecule has 2 aromatic heterocycles. The molecule has 0 spiro atoms. The molecule has 0 fully saturated rings. The Morgan fingerprint density at radius 3 is 2.51 bits per heavy atom. The maximum Gasteiger partial charge on any atom is 0.410 e. The molecule has 2 aromatic carbocycles. The Balaban J connectivity index is 1.69. The molecular weight excluding hydrogens is 550 g/mol. The lowest BCUT2D eigenvalue weighted by molar-refractivity contribution is 0.0285. The lowest BCUT2D eigenvalue weighted by Gasteiger charge is -2.25. The molecule has 0 atom stereocenters. The molecule has 0 aliphatic heterocycles. The molecule has 43 heavy (non-hydrogen) atoms. The van der Waals surface area contributed by atoms with Crippen molar-refractivity contribution in [1.82, 2.24) is 19.7 Å². The number of fused-ring (bicyclic) bond motifs is 1. The van der Waals surface area contributed by atoms with Crippen molar-refractivity contribution in [3.63, 3.8) is 0 Å². The van der Waals surface area contributed by atoms with Crippen LogP contribution in [0.5, 0.6) is 5.75 Å². The van der Waals surface area contributed by atoms with Crippen LogP contribution in [0.2, 0.25) is 0 Å². The fourth-order valence-corrected chi connectivity index (χ4v) is 4.91. The number of aryl methyl sites for hydroxylation is 1. The van der Waals surface area contributed by atoms with E-state index in [1.54, 1.807) is 45.0 Å². The molecule has 0 saturated heterocycles. The van der Waals surface area contributed by atoms with E-state index in [1.165, 1.54) is 12.3 Å². The standard InChI is InChI=1S/C34H42F2N4O3/c1-21-24(29(38-40(21)9)19-33(2,3)4)15-17-42-31-25(11-12-27(35)30(31)36)22-10-13-28-26(18-22)23(14-16-37-28)20-39(8)32(41)43-34(5,6)7/h10-14,16,18H,15,17,19-20H2,1-9H3/i8D3. The molecule has 4 rings (SSSR count). The van der Waals surface area contributed by atoms with Gasteiger partial charge in [0, 0.05) is 53.9 Å². The SMILES string of the molecule is [2H]C([2H])([2H])N(Cc1ccnc2ccc(-c3ccc(F)c(F)c3OCCc3c(CC(C)(C)C)nn(C)c3C)cc12)C(=O)OC(C)(C)C. The summed E-state index contributed by atoms with van der Waals surface area (Å²) in [5.41, 5.74) is 3.87. The molecule has 230 valence electrons. The average molecular weight is 596 g/mol. The van der Waals surface area contributed by atoms with Crippen LogP contribution >= 0.6 is 0 Å². The van der Waals surface area contributed by atoms with Crippen LogP contribution in [0.1, 0.15) is 68.2 Å². The van der Waals surface area contributed by atoms with E-state index in [2.05, 4.69) is 30.9 Å². The third kappa shape index (κ3) is 7.69. The van der Waals surface area contributed by atoms with Crippen LogP contribution < -0.4 is 4.74 Å². The number of carbonyl (C=O) groups excluding carboxylic acids is 1. The monoisotopic (exact) mass is 595 g/mol. The zero-order chi connectivity index (χ0) is 34.2. The van der Waals surface area contributed by atoms with Crippen LogP contribution in [0.25, 0.3) is 22.0 Å². The summed E-state index contributed by atoms with van der Waals surface area (Å²) in [6, 6.07) is 9.21. The molecule has 0 unspecified atom stereocenters. The summed E-state index contributed by atoms with van der Waals surface area (Å²) in [5.74, 6) is -2.39. The van der Waals surface area contributed by atoms with Crippen molar-refractivity contribution < 1.29 is 27.2 Å². The summed E-state index contributed by atoms with van der Waals surface area (Å²) >= 11 is 0. The van der Waals surface area contributed by atoms with Crippen molar-refractivity contribution in [2.75, 3.05) is 13.6 Å². The number of hydrogen-bond acceptors (Lipinski definition) is 5. The quantitative estimate of drug-likeness (QED) is 0.208. The second-order valence-electron chi connectivity index (χ2n) is 13.0. The first-order chi connectivity index (χ1) is 21.2. The Kier molecular flexibility index (Phi) is 7.96. The molecule has 0 aliphatic rings. The average Bonchev–Trinajstić information content (AvgIpc) is 3.18. The number of aromatic nitrogens is 3. The van der Waals surface area contributed by atoms with Gasteiger partial charge >= 0.3 is 6.09 Å². The number of amides is 1. The zero-order valence-corrected chi connectivity index (χ0v) is 26.1. The van der Waals surface area contributed by atoms with Crippen molar-refractivity contribution in [3.8, 4) is 16.9 Å². The van der Waals surface area contributed by atoms with Crippen molar-refractivity contribution in [3.05, 3.63) is 76.7 Å². The van der Waals surface area contributed by atoms with Crippen molar-refractivity contribution in [1.29, 1.82) is 0 Å². The van der Waals surface area contributed by atoms with Gasteiger partial charge in [-0.15, -0.1) is 0 Å². The highest BCUT2D eigenvalue weighted by atomic mass is 19.2. The number of benzene rings is 2. The number of halogens is 2. The fraction of sp³-hybridized carbons (Fsp3) is 0.441. The smallest absolute Gasteiger partial charge is 0.410 e. The van der Waals surface area contributed by atoms with Crippen molar-refractivity contribution in [2.24, 2.45) is 12.5 Å². The number of pyridine rings is 1. The van der Waals surface area contributed by atoms with E-state index in [0.29, 0.717) is 38.9 Å². The Labute approximate surface area is 257 Å². The predicted octanol–water partition coefficient (Wildman–Crippen LogP) is 7.80. The van der Waals surface area contributed by atoms with E-state index in [9.17, 15) is 9.18 Å². The minimum atomic E-state index is -2.78. The lowest BCUT2D eigenvalue weighted by atomic mass is 9.88. The van der Waals surface area contributed by atoms with Gasteiger partial charge < -0.3 is 14.4 Å². The first kappa shape index (κ1) is 27.8. The van der Waals surface area contributed by atoms with Gasteiger partial charge in [-0.2, -0.15) is 9.49 Å². The fourth-order valence-electron chi connectivity index (χ4n) is 4.91. The van der Waals surface area contributed by atoms with E-state index in [0.717, 1.165) is 29.4 Å². The molecule has 0 radical (unpaired) electrons. The van der Waals surface area contributed by atoms with Crippen LogP contribution in [0, 0.1) is 24.0 Å². The van der Waals surface area contributed by atoms with Gasteiger partial charge in [0.2, 0.25) is 5.82 Å². The molecule has 0 saturated carbocycles. The molecule has 0 aliphatic carbocycles. The minimum absolute atomic E-state index is 0.00938. The van der Waals surface area contributed by atoms with E-state index >= 15 is 4.39 Å². The van der Waals surface area contributed by atoms with Gasteiger partial charge in [-0.1, -0.05) is 26.8 Å². The van der Waals surface area contributed by atoms with Gasteiger partial charge in [0.15, 0.2) is 11.6 Å². The van der Waals surface area contributed by atoms with E-state index in [1.807, 2.05) is 18.7 Å². The number of ether oxygens (including phenoxy) is 2. The van der Waals surface area contributed by atoms with Gasteiger partial charge in [0.1, 0.15) is 5.60 Å². The molecule has 4 aromatic rings. The molecule has 7 nitrogen and oxygen atoms in total. The van der Waals surface area contributed by atoms with Crippen molar-refractivity contribution >= 4 is 17.0 Å². The number of rotatable bonds is 8. The zero-order valence-electron chi connectivity index (χ0n) is 29.1. The summed E-state index contributed by atoms with van der Waals surface area (Å²) in [6.07, 6.45) is 1.73. The van der Waals surface area contributed by atoms with Gasteiger partial charge in [0.05, 0.1) is 17.8 Å². The lowest BCUT2D eigenvalue weighted by Crippen LogP contribution is -2.33. The topological polar surface area (TPSA) is 69.5 Å². The Bertz CT molecular complexity index is 1740. The maximum atomic E-state index is 15.3. The summed E-state index contributed by atoms with van der Waals surface area (Å²) in [6.45, 7) is 10.3. The van der Waals surface area contributed by atoms with E-state index < -0.39 is 30.3 Å². The predicted molar refractivity (Wildman–Crippen MR) is 165 cm³/mol. The summed E-state index contributed by atoms with van der Waals surface area (Å²) in [5, 5.41) is 5.21. The van der Waals surface area contributed by atoms with Gasteiger partial charge in [-0.25, -0.2) is 9.18 Å². The maximum absolute atomic E-state index is 15.3. The number of carbonyl (C=O) groups is 1. The largest absolute Gasteiger partial charge is 0.489 e. The van der Waals surface area contributed by atoms with Crippen LogP contribution in [0.4, 0.5) is 13.6 Å².